The standard InChI is InChI=1S/C10H9NO2/c1-6-3-4-8-9(5-6)7(2)11-13-10(8)12/h3-5H,1-2H3. The number of rotatable bonds is 0. The van der Waals surface area contributed by atoms with Crippen LogP contribution in [0.2, 0.25) is 0 Å². The van der Waals surface area contributed by atoms with E-state index in [9.17, 15) is 4.79 Å². The Morgan fingerprint density at radius 2 is 2.00 bits per heavy atom. The molecule has 0 fully saturated rings. The minimum Gasteiger partial charge on any atom is -0.313 e. The van der Waals surface area contributed by atoms with Gasteiger partial charge in [-0.2, -0.15) is 0 Å². The zero-order valence-corrected chi connectivity index (χ0v) is 7.50. The molecule has 0 N–H and O–H groups in total. The number of nitrogens with zero attached hydrogens (tertiary/aromatic N) is 1. The van der Waals surface area contributed by atoms with Crippen LogP contribution in [-0.4, -0.2) is 5.16 Å². The molecule has 0 aliphatic carbocycles. The molecule has 2 rings (SSSR count). The molecule has 0 amide bonds. The molecule has 0 saturated carbocycles. The number of aryl methyl sites for hydroxylation is 2. The summed E-state index contributed by atoms with van der Waals surface area (Å²) in [7, 11) is 0. The molecule has 3 heteroatoms. The van der Waals surface area contributed by atoms with Gasteiger partial charge in [0.15, 0.2) is 0 Å². The zero-order chi connectivity index (χ0) is 9.42. The highest BCUT2D eigenvalue weighted by atomic mass is 16.5. The van der Waals surface area contributed by atoms with Gasteiger partial charge in [0.25, 0.3) is 0 Å². The Morgan fingerprint density at radius 1 is 1.23 bits per heavy atom. The van der Waals surface area contributed by atoms with Crippen molar-refractivity contribution in [1.82, 2.24) is 5.16 Å². The van der Waals surface area contributed by atoms with E-state index in [1.165, 1.54) is 0 Å². The van der Waals surface area contributed by atoms with Crippen molar-refractivity contribution in [2.45, 2.75) is 13.8 Å². The zero-order valence-electron chi connectivity index (χ0n) is 7.50. The van der Waals surface area contributed by atoms with Gasteiger partial charge in [0.2, 0.25) is 0 Å². The van der Waals surface area contributed by atoms with Gasteiger partial charge in [-0.15, -0.1) is 0 Å². The van der Waals surface area contributed by atoms with Crippen molar-refractivity contribution >= 4 is 10.8 Å². The molecule has 0 atom stereocenters. The van der Waals surface area contributed by atoms with Crippen molar-refractivity contribution in [3.63, 3.8) is 0 Å². The molecule has 2 aromatic rings. The lowest BCUT2D eigenvalue weighted by Crippen LogP contribution is -2.02. The van der Waals surface area contributed by atoms with Crippen LogP contribution in [0, 0.1) is 13.8 Å². The van der Waals surface area contributed by atoms with E-state index < -0.39 is 0 Å². The smallest absolute Gasteiger partial charge is 0.313 e. The van der Waals surface area contributed by atoms with Crippen LogP contribution in [0.4, 0.5) is 0 Å². The molecule has 0 unspecified atom stereocenters. The average Bonchev–Trinajstić information content (AvgIpc) is 2.12. The first-order valence-electron chi connectivity index (χ1n) is 4.05. The van der Waals surface area contributed by atoms with Crippen LogP contribution in [0.1, 0.15) is 11.3 Å². The summed E-state index contributed by atoms with van der Waals surface area (Å²) in [5, 5.41) is 5.13. The summed E-state index contributed by atoms with van der Waals surface area (Å²) in [6, 6.07) is 5.60. The average molecular weight is 175 g/mol. The fraction of sp³-hybridized carbons (Fsp3) is 0.200. The maximum atomic E-state index is 11.2. The van der Waals surface area contributed by atoms with Gasteiger partial charge < -0.3 is 4.52 Å². The maximum absolute atomic E-state index is 11.2. The van der Waals surface area contributed by atoms with Gasteiger partial charge in [-0.05, 0) is 26.0 Å². The van der Waals surface area contributed by atoms with Gasteiger partial charge in [-0.1, -0.05) is 16.8 Å². The van der Waals surface area contributed by atoms with E-state index in [2.05, 4.69) is 9.68 Å². The van der Waals surface area contributed by atoms with E-state index >= 15 is 0 Å². The first-order valence-corrected chi connectivity index (χ1v) is 4.05. The Kier molecular flexibility index (Phi) is 1.65. The summed E-state index contributed by atoms with van der Waals surface area (Å²) in [6.45, 7) is 3.80. The van der Waals surface area contributed by atoms with Crippen LogP contribution >= 0.6 is 0 Å². The molecule has 0 aliphatic heterocycles. The van der Waals surface area contributed by atoms with E-state index in [4.69, 9.17) is 0 Å². The topological polar surface area (TPSA) is 43.1 Å². The van der Waals surface area contributed by atoms with E-state index in [0.29, 0.717) is 5.39 Å². The van der Waals surface area contributed by atoms with Crippen LogP contribution in [0.15, 0.2) is 27.5 Å². The second kappa shape index (κ2) is 2.69. The second-order valence-electron chi connectivity index (χ2n) is 3.10. The fourth-order valence-corrected chi connectivity index (χ4v) is 1.34. The SMILES string of the molecule is Cc1ccc2c(=O)onc(C)c2c1. The summed E-state index contributed by atoms with van der Waals surface area (Å²) in [4.78, 5) is 11.2. The lowest BCUT2D eigenvalue weighted by Gasteiger charge is -1.98. The summed E-state index contributed by atoms with van der Waals surface area (Å²) in [5.41, 5.74) is 1.49. The summed E-state index contributed by atoms with van der Waals surface area (Å²) in [5.74, 6) is 0. The quantitative estimate of drug-likeness (QED) is 0.613. The van der Waals surface area contributed by atoms with E-state index in [1.54, 1.807) is 6.07 Å². The summed E-state index contributed by atoms with van der Waals surface area (Å²) >= 11 is 0. The van der Waals surface area contributed by atoms with Crippen LogP contribution in [-0.2, 0) is 0 Å². The third kappa shape index (κ3) is 1.22. The fourth-order valence-electron chi connectivity index (χ4n) is 1.34. The molecule has 1 aromatic heterocycles. The molecule has 0 aliphatic rings. The third-order valence-corrected chi connectivity index (χ3v) is 2.05. The number of aromatic nitrogens is 1. The first kappa shape index (κ1) is 7.98. The van der Waals surface area contributed by atoms with Crippen molar-refractivity contribution in [3.8, 4) is 0 Å². The predicted molar refractivity (Wildman–Crippen MR) is 49.8 cm³/mol. The molecule has 0 saturated heterocycles. The van der Waals surface area contributed by atoms with E-state index in [1.807, 2.05) is 26.0 Å². The van der Waals surface area contributed by atoms with Gasteiger partial charge in [0.05, 0.1) is 11.1 Å². The number of fused-ring (bicyclic) bond motifs is 1. The number of hydrogen-bond acceptors (Lipinski definition) is 3. The molecule has 13 heavy (non-hydrogen) atoms. The third-order valence-electron chi connectivity index (χ3n) is 2.05. The van der Waals surface area contributed by atoms with Crippen LogP contribution < -0.4 is 5.63 Å². The predicted octanol–water partition coefficient (Wildman–Crippen LogP) is 1.80. The molecule has 1 aromatic carbocycles. The number of hydrogen-bond donors (Lipinski definition) is 0. The molecule has 0 bridgehead atoms. The molecular formula is C10H9NO2. The Hall–Kier alpha value is -1.64. The monoisotopic (exact) mass is 175 g/mol. The Bertz CT molecular complexity index is 514. The van der Waals surface area contributed by atoms with E-state index in [-0.39, 0.29) is 5.63 Å². The van der Waals surface area contributed by atoms with Gasteiger partial charge in [0.1, 0.15) is 0 Å². The highest BCUT2D eigenvalue weighted by Crippen LogP contribution is 2.14. The van der Waals surface area contributed by atoms with Crippen molar-refractivity contribution < 1.29 is 4.52 Å². The maximum Gasteiger partial charge on any atom is 0.366 e. The number of benzene rings is 1. The van der Waals surface area contributed by atoms with Gasteiger partial charge >= 0.3 is 5.63 Å². The molecular weight excluding hydrogens is 166 g/mol. The van der Waals surface area contributed by atoms with Crippen molar-refractivity contribution in [2.24, 2.45) is 0 Å². The molecule has 0 radical (unpaired) electrons. The van der Waals surface area contributed by atoms with Crippen molar-refractivity contribution in [3.05, 3.63) is 39.9 Å². The lowest BCUT2D eigenvalue weighted by atomic mass is 10.1. The minimum absolute atomic E-state index is 0.374. The van der Waals surface area contributed by atoms with Gasteiger partial charge in [0, 0.05) is 5.39 Å². The molecule has 66 valence electrons. The van der Waals surface area contributed by atoms with Crippen molar-refractivity contribution in [1.29, 1.82) is 0 Å². The second-order valence-corrected chi connectivity index (χ2v) is 3.10. The first-order chi connectivity index (χ1) is 6.18. The van der Waals surface area contributed by atoms with Gasteiger partial charge in [-0.3, -0.25) is 0 Å². The summed E-state index contributed by atoms with van der Waals surface area (Å²) < 4.78 is 4.61. The Balaban J connectivity index is 3.01. The van der Waals surface area contributed by atoms with Crippen LogP contribution in [0.3, 0.4) is 0 Å². The van der Waals surface area contributed by atoms with E-state index in [0.717, 1.165) is 16.6 Å². The highest BCUT2D eigenvalue weighted by Gasteiger charge is 2.03. The molecule has 1 heterocycles. The largest absolute Gasteiger partial charge is 0.366 e. The minimum atomic E-state index is -0.374. The van der Waals surface area contributed by atoms with Crippen LogP contribution in [0.25, 0.3) is 10.8 Å². The normalized spacial score (nSPS) is 10.6. The van der Waals surface area contributed by atoms with Gasteiger partial charge in [-0.25, -0.2) is 4.79 Å². The Morgan fingerprint density at radius 3 is 2.77 bits per heavy atom. The Labute approximate surface area is 75.0 Å². The summed E-state index contributed by atoms with van der Waals surface area (Å²) in [6.07, 6.45) is 0. The molecule has 0 spiro atoms. The molecule has 3 nitrogen and oxygen atoms in total. The van der Waals surface area contributed by atoms with Crippen molar-refractivity contribution in [2.75, 3.05) is 0 Å². The highest BCUT2D eigenvalue weighted by molar-refractivity contribution is 5.83. The lowest BCUT2D eigenvalue weighted by molar-refractivity contribution is 0.371. The van der Waals surface area contributed by atoms with Crippen LogP contribution in [0.5, 0.6) is 0 Å².